The number of aliphatic hydroxyl groups excluding tert-OH is 1. The molecule has 236 valence electrons. The van der Waals surface area contributed by atoms with Crippen molar-refractivity contribution in [2.45, 2.75) is 76.6 Å². The van der Waals surface area contributed by atoms with E-state index in [0.717, 1.165) is 21.9 Å². The first-order valence-electron chi connectivity index (χ1n) is 15.2. The fourth-order valence-electron chi connectivity index (χ4n) is 5.20. The van der Waals surface area contributed by atoms with Gasteiger partial charge in [-0.25, -0.2) is 0 Å². The number of hydrogen-bond acceptors (Lipinski definition) is 6. The number of ether oxygens (including phenoxy) is 1. The van der Waals surface area contributed by atoms with E-state index in [1.807, 2.05) is 86.6 Å². The van der Waals surface area contributed by atoms with Crippen LogP contribution >= 0.6 is 0 Å². The van der Waals surface area contributed by atoms with Crippen molar-refractivity contribution in [3.63, 3.8) is 0 Å². The van der Waals surface area contributed by atoms with Gasteiger partial charge in [0.2, 0.25) is 11.8 Å². The molecule has 0 fully saturated rings. The molecule has 3 rings (SSSR count). The summed E-state index contributed by atoms with van der Waals surface area (Å²) in [5, 5.41) is 13.5. The third kappa shape index (κ3) is 10.6. The van der Waals surface area contributed by atoms with Crippen molar-refractivity contribution >= 4 is 28.6 Å². The van der Waals surface area contributed by atoms with Crippen LogP contribution in [0.3, 0.4) is 0 Å². The van der Waals surface area contributed by atoms with Crippen molar-refractivity contribution in [3.05, 3.63) is 96.1 Å². The Morgan fingerprint density at radius 2 is 1.57 bits per heavy atom. The number of nitrogens with two attached hydrogens (primary N) is 1. The molecule has 1 unspecified atom stereocenters. The van der Waals surface area contributed by atoms with Crippen molar-refractivity contribution in [2.75, 3.05) is 20.7 Å². The molecule has 0 aromatic heterocycles. The first-order chi connectivity index (χ1) is 20.9. The van der Waals surface area contributed by atoms with Crippen molar-refractivity contribution in [1.29, 1.82) is 0 Å². The summed E-state index contributed by atoms with van der Waals surface area (Å²) in [4.78, 5) is 42.0. The number of fused-ring (bicyclic) bond motifs is 1. The van der Waals surface area contributed by atoms with Crippen LogP contribution in [0.4, 0.5) is 0 Å². The fourth-order valence-corrected chi connectivity index (χ4v) is 5.20. The summed E-state index contributed by atoms with van der Waals surface area (Å²) in [5.41, 5.74) is 7.52. The summed E-state index contributed by atoms with van der Waals surface area (Å²) in [6.45, 7) is 5.31. The van der Waals surface area contributed by atoms with Crippen molar-refractivity contribution in [2.24, 2.45) is 5.73 Å². The SMILES string of the molecule is CC(=O)OCCCC(O)[C@@H](Cc1ccccc1)N(C)C(=O)[C@@H](Cc1ccc2ccccc2c1)N(C)C(=O)/C=C/CC(C)(C)N. The van der Waals surface area contributed by atoms with Crippen LogP contribution in [0.2, 0.25) is 0 Å². The second-order valence-electron chi connectivity index (χ2n) is 12.2. The maximum absolute atomic E-state index is 14.4. The van der Waals surface area contributed by atoms with Gasteiger partial charge in [0.15, 0.2) is 0 Å². The molecule has 0 saturated carbocycles. The van der Waals surface area contributed by atoms with Crippen LogP contribution in [0, 0.1) is 0 Å². The molecule has 0 aliphatic heterocycles. The second kappa shape index (κ2) is 16.2. The van der Waals surface area contributed by atoms with Crippen molar-refractivity contribution in [1.82, 2.24) is 9.80 Å². The summed E-state index contributed by atoms with van der Waals surface area (Å²) in [6, 6.07) is 22.4. The molecule has 0 radical (unpaired) electrons. The topological polar surface area (TPSA) is 113 Å². The van der Waals surface area contributed by atoms with Crippen molar-refractivity contribution < 1.29 is 24.2 Å². The second-order valence-corrected chi connectivity index (χ2v) is 12.2. The molecule has 3 N–H and O–H groups in total. The summed E-state index contributed by atoms with van der Waals surface area (Å²) in [6.07, 6.45) is 4.35. The molecule has 0 heterocycles. The fraction of sp³-hybridized carbons (Fsp3) is 0.417. The summed E-state index contributed by atoms with van der Waals surface area (Å²) < 4.78 is 5.06. The largest absolute Gasteiger partial charge is 0.466 e. The lowest BCUT2D eigenvalue weighted by molar-refractivity contribution is -0.145. The first-order valence-corrected chi connectivity index (χ1v) is 15.2. The number of esters is 1. The van der Waals surface area contributed by atoms with Gasteiger partial charge in [0, 0.05) is 33.0 Å². The number of carbonyl (C=O) groups excluding carboxylic acids is 3. The highest BCUT2D eigenvalue weighted by molar-refractivity contribution is 5.93. The average molecular weight is 602 g/mol. The Morgan fingerprint density at radius 1 is 0.909 bits per heavy atom. The number of likely N-dealkylation sites (N-methyl/N-ethyl adjacent to an activating group) is 2. The minimum absolute atomic E-state index is 0.190. The molecule has 3 aromatic rings. The van der Waals surface area contributed by atoms with Gasteiger partial charge in [-0.15, -0.1) is 0 Å². The molecule has 0 saturated heterocycles. The zero-order valence-corrected chi connectivity index (χ0v) is 26.6. The maximum atomic E-state index is 14.4. The number of rotatable bonds is 15. The van der Waals surface area contributed by atoms with E-state index in [0.29, 0.717) is 32.1 Å². The summed E-state index contributed by atoms with van der Waals surface area (Å²) in [5.74, 6) is -0.953. The Balaban J connectivity index is 1.92. The van der Waals surface area contributed by atoms with E-state index in [4.69, 9.17) is 10.5 Å². The van der Waals surface area contributed by atoms with E-state index >= 15 is 0 Å². The average Bonchev–Trinajstić information content (AvgIpc) is 2.99. The third-order valence-corrected chi connectivity index (χ3v) is 7.77. The molecule has 0 bridgehead atoms. The summed E-state index contributed by atoms with van der Waals surface area (Å²) >= 11 is 0. The Morgan fingerprint density at radius 3 is 2.23 bits per heavy atom. The lowest BCUT2D eigenvalue weighted by atomic mass is 9.95. The van der Waals surface area contributed by atoms with Crippen LogP contribution < -0.4 is 5.73 Å². The molecule has 8 nitrogen and oxygen atoms in total. The Kier molecular flexibility index (Phi) is 12.7. The van der Waals surface area contributed by atoms with Gasteiger partial charge in [0.1, 0.15) is 6.04 Å². The predicted molar refractivity (Wildman–Crippen MR) is 175 cm³/mol. The monoisotopic (exact) mass is 601 g/mol. The highest BCUT2D eigenvalue weighted by atomic mass is 16.5. The minimum Gasteiger partial charge on any atom is -0.466 e. The molecular weight excluding hydrogens is 554 g/mol. The third-order valence-electron chi connectivity index (χ3n) is 7.77. The molecule has 2 amide bonds. The molecule has 0 aliphatic rings. The number of nitrogens with zero attached hydrogens (tertiary/aromatic N) is 2. The van der Waals surface area contributed by atoms with E-state index in [1.165, 1.54) is 17.9 Å². The van der Waals surface area contributed by atoms with E-state index in [9.17, 15) is 19.5 Å². The van der Waals surface area contributed by atoms with Gasteiger partial charge in [-0.1, -0.05) is 78.9 Å². The Labute approximate surface area is 261 Å². The van der Waals surface area contributed by atoms with Gasteiger partial charge in [-0.05, 0) is 67.5 Å². The molecule has 3 atom stereocenters. The standard InChI is InChI=1S/C36H47N3O5/c1-26(40)44-22-12-17-33(41)31(24-27-13-7-6-8-14-27)39(5)35(43)32(38(4)34(42)18-11-21-36(2,3)37)25-28-19-20-29-15-9-10-16-30(29)23-28/h6-11,13-16,18-20,23,31-33,41H,12,17,21-22,24-25,37H2,1-5H3/b18-11+/t31-,32-,33?/m1/s1. The Hall–Kier alpha value is -4.01. The predicted octanol–water partition coefficient (Wildman–Crippen LogP) is 4.67. The van der Waals surface area contributed by atoms with E-state index in [2.05, 4.69) is 0 Å². The minimum atomic E-state index is -0.881. The molecule has 8 heteroatoms. The lowest BCUT2D eigenvalue weighted by Crippen LogP contribution is -2.54. The van der Waals surface area contributed by atoms with E-state index < -0.39 is 23.7 Å². The number of hydrogen-bond donors (Lipinski definition) is 2. The summed E-state index contributed by atoms with van der Waals surface area (Å²) in [7, 11) is 3.32. The maximum Gasteiger partial charge on any atom is 0.302 e. The van der Waals surface area contributed by atoms with Crippen LogP contribution in [-0.2, 0) is 32.0 Å². The van der Waals surface area contributed by atoms with Gasteiger partial charge in [0.25, 0.3) is 0 Å². The van der Waals surface area contributed by atoms with Gasteiger partial charge >= 0.3 is 5.97 Å². The van der Waals surface area contributed by atoms with Crippen LogP contribution in [0.5, 0.6) is 0 Å². The van der Waals surface area contributed by atoms with E-state index in [1.54, 1.807) is 25.1 Å². The quantitative estimate of drug-likeness (QED) is 0.149. The van der Waals surface area contributed by atoms with Crippen LogP contribution in [0.25, 0.3) is 10.8 Å². The molecule has 0 aliphatic carbocycles. The van der Waals surface area contributed by atoms with Gasteiger partial charge < -0.3 is 25.4 Å². The van der Waals surface area contributed by atoms with Gasteiger partial charge in [0.05, 0.1) is 18.8 Å². The Bertz CT molecular complexity index is 1420. The van der Waals surface area contributed by atoms with Gasteiger partial charge in [-0.3, -0.25) is 14.4 Å². The van der Waals surface area contributed by atoms with Gasteiger partial charge in [-0.2, -0.15) is 0 Å². The molecule has 44 heavy (non-hydrogen) atoms. The number of carbonyl (C=O) groups is 3. The zero-order chi connectivity index (χ0) is 32.3. The normalized spacial score (nSPS) is 13.8. The molecule has 0 spiro atoms. The zero-order valence-electron chi connectivity index (χ0n) is 26.6. The highest BCUT2D eigenvalue weighted by Crippen LogP contribution is 2.22. The number of benzene rings is 3. The highest BCUT2D eigenvalue weighted by Gasteiger charge is 2.34. The molecule has 3 aromatic carbocycles. The molecular formula is C36H47N3O5. The first kappa shape index (κ1) is 34.5. The van der Waals surface area contributed by atoms with Crippen LogP contribution in [0.15, 0.2) is 84.9 Å². The smallest absolute Gasteiger partial charge is 0.302 e. The van der Waals surface area contributed by atoms with E-state index in [-0.39, 0.29) is 24.4 Å². The number of aliphatic hydroxyl groups is 1. The van der Waals surface area contributed by atoms with Crippen LogP contribution in [0.1, 0.15) is 51.2 Å². The van der Waals surface area contributed by atoms with Crippen LogP contribution in [-0.4, -0.2) is 77.1 Å². The lowest BCUT2D eigenvalue weighted by Gasteiger charge is -2.37. The van der Waals surface area contributed by atoms with Crippen molar-refractivity contribution in [3.8, 4) is 0 Å². The number of amides is 2.